The molecule has 29 heavy (non-hydrogen) atoms. The molecule has 0 bridgehead atoms. The number of carbonyl (C=O) groups is 2. The van der Waals surface area contributed by atoms with Crippen molar-refractivity contribution in [2.24, 2.45) is 0 Å². The number of ether oxygens (including phenoxy) is 1. The summed E-state index contributed by atoms with van der Waals surface area (Å²) in [7, 11) is 1.70. The van der Waals surface area contributed by atoms with E-state index in [1.807, 2.05) is 24.3 Å². The molecule has 7 nitrogen and oxygen atoms in total. The summed E-state index contributed by atoms with van der Waals surface area (Å²) in [6.45, 7) is 6.46. The summed E-state index contributed by atoms with van der Waals surface area (Å²) in [5.41, 5.74) is 2.68. The van der Waals surface area contributed by atoms with Gasteiger partial charge in [-0.05, 0) is 35.4 Å². The third kappa shape index (κ3) is 8.11. The number of benzene rings is 2. The number of aliphatic carboxylic acids is 2. The fraction of sp³-hybridized carbons (Fsp3) is 0.333. The highest BCUT2D eigenvalue weighted by atomic mass is 35.5. The van der Waals surface area contributed by atoms with E-state index < -0.39 is 11.9 Å². The molecule has 1 saturated heterocycles. The minimum absolute atomic E-state index is 0.804. The molecule has 8 heteroatoms. The van der Waals surface area contributed by atoms with Crippen LogP contribution in [0.3, 0.4) is 0 Å². The number of piperazine rings is 1. The molecule has 1 heterocycles. The number of rotatable bonds is 5. The SMILES string of the molecule is COc1ccc(CN2CCN(Cc3ccc(Cl)cc3)CC2)cc1.O=C(O)C(=O)O. The molecule has 0 unspecified atom stereocenters. The smallest absolute Gasteiger partial charge is 0.414 e. The molecular weight excluding hydrogens is 396 g/mol. The van der Waals surface area contributed by atoms with Crippen molar-refractivity contribution in [3.8, 4) is 5.75 Å². The van der Waals surface area contributed by atoms with E-state index in [-0.39, 0.29) is 0 Å². The van der Waals surface area contributed by atoms with Gasteiger partial charge in [-0.15, -0.1) is 0 Å². The molecule has 1 aliphatic rings. The monoisotopic (exact) mass is 420 g/mol. The first-order valence-corrected chi connectivity index (χ1v) is 9.53. The summed E-state index contributed by atoms with van der Waals surface area (Å²) in [4.78, 5) is 23.2. The predicted octanol–water partition coefficient (Wildman–Crippen LogP) is 2.82. The number of halogens is 1. The third-order valence-corrected chi connectivity index (χ3v) is 4.78. The number of methoxy groups -OCH3 is 1. The molecule has 0 spiro atoms. The lowest BCUT2D eigenvalue weighted by atomic mass is 10.1. The van der Waals surface area contributed by atoms with Gasteiger partial charge >= 0.3 is 11.9 Å². The number of carboxylic acids is 2. The topological polar surface area (TPSA) is 90.3 Å². The van der Waals surface area contributed by atoms with Crippen LogP contribution in [0, 0.1) is 0 Å². The highest BCUT2D eigenvalue weighted by Crippen LogP contribution is 2.16. The van der Waals surface area contributed by atoms with Gasteiger partial charge in [-0.1, -0.05) is 35.9 Å². The van der Waals surface area contributed by atoms with E-state index in [1.54, 1.807) is 7.11 Å². The van der Waals surface area contributed by atoms with E-state index in [2.05, 4.69) is 34.1 Å². The first kappa shape index (κ1) is 22.7. The molecule has 0 aromatic heterocycles. The van der Waals surface area contributed by atoms with Crippen molar-refractivity contribution in [1.82, 2.24) is 9.80 Å². The van der Waals surface area contributed by atoms with Gasteiger partial charge in [-0.25, -0.2) is 9.59 Å². The molecule has 2 aromatic rings. The van der Waals surface area contributed by atoms with Crippen molar-refractivity contribution >= 4 is 23.5 Å². The van der Waals surface area contributed by atoms with Crippen LogP contribution in [0.15, 0.2) is 48.5 Å². The Morgan fingerprint density at radius 1 is 0.828 bits per heavy atom. The second-order valence-corrected chi connectivity index (χ2v) is 7.07. The lowest BCUT2D eigenvalue weighted by molar-refractivity contribution is -0.159. The maximum Gasteiger partial charge on any atom is 0.414 e. The van der Waals surface area contributed by atoms with Gasteiger partial charge in [-0.2, -0.15) is 0 Å². The zero-order valence-corrected chi connectivity index (χ0v) is 17.0. The number of hydrogen-bond donors (Lipinski definition) is 2. The summed E-state index contributed by atoms with van der Waals surface area (Å²) in [5.74, 6) is -2.73. The Balaban J connectivity index is 0.000000438. The van der Waals surface area contributed by atoms with Gasteiger partial charge in [0.05, 0.1) is 7.11 Å². The average Bonchev–Trinajstić information content (AvgIpc) is 2.72. The number of nitrogens with zero attached hydrogens (tertiary/aromatic N) is 2. The largest absolute Gasteiger partial charge is 0.497 e. The maximum atomic E-state index is 9.10. The van der Waals surface area contributed by atoms with Crippen molar-refractivity contribution in [2.75, 3.05) is 33.3 Å². The van der Waals surface area contributed by atoms with Crippen LogP contribution in [0.4, 0.5) is 0 Å². The van der Waals surface area contributed by atoms with Gasteiger partial charge in [0.25, 0.3) is 0 Å². The first-order valence-electron chi connectivity index (χ1n) is 9.15. The summed E-state index contributed by atoms with van der Waals surface area (Å²) >= 11 is 5.94. The average molecular weight is 421 g/mol. The normalized spacial score (nSPS) is 14.6. The first-order chi connectivity index (χ1) is 13.9. The summed E-state index contributed by atoms with van der Waals surface area (Å²) < 4.78 is 5.21. The number of carboxylic acid groups (broad SMARTS) is 2. The van der Waals surface area contributed by atoms with Gasteiger partial charge in [0.15, 0.2) is 0 Å². The van der Waals surface area contributed by atoms with Crippen molar-refractivity contribution in [3.05, 3.63) is 64.7 Å². The minimum atomic E-state index is -1.82. The lowest BCUT2D eigenvalue weighted by Crippen LogP contribution is -2.45. The number of hydrogen-bond acceptors (Lipinski definition) is 5. The molecule has 3 rings (SSSR count). The molecule has 1 aliphatic heterocycles. The van der Waals surface area contributed by atoms with Crippen molar-refractivity contribution in [1.29, 1.82) is 0 Å². The van der Waals surface area contributed by atoms with Gasteiger partial charge in [-0.3, -0.25) is 9.80 Å². The molecule has 0 amide bonds. The molecule has 2 N–H and O–H groups in total. The molecule has 156 valence electrons. The summed E-state index contributed by atoms with van der Waals surface area (Å²) in [6.07, 6.45) is 0. The maximum absolute atomic E-state index is 9.10. The Bertz CT molecular complexity index is 776. The highest BCUT2D eigenvalue weighted by molar-refractivity contribution is 6.30. The summed E-state index contributed by atoms with van der Waals surface area (Å²) in [6, 6.07) is 16.5. The van der Waals surface area contributed by atoms with E-state index in [0.29, 0.717) is 0 Å². The van der Waals surface area contributed by atoms with E-state index in [9.17, 15) is 0 Å². The fourth-order valence-corrected chi connectivity index (χ4v) is 3.07. The Kier molecular flexibility index (Phi) is 8.92. The van der Waals surface area contributed by atoms with Crippen LogP contribution in [0.25, 0.3) is 0 Å². The highest BCUT2D eigenvalue weighted by Gasteiger charge is 2.17. The second kappa shape index (κ2) is 11.4. The van der Waals surface area contributed by atoms with Gasteiger partial charge in [0.2, 0.25) is 0 Å². The molecule has 0 atom stereocenters. The second-order valence-electron chi connectivity index (χ2n) is 6.64. The van der Waals surface area contributed by atoms with Gasteiger partial charge in [0, 0.05) is 44.3 Å². The zero-order valence-electron chi connectivity index (χ0n) is 16.3. The van der Waals surface area contributed by atoms with Crippen LogP contribution >= 0.6 is 11.6 Å². The van der Waals surface area contributed by atoms with Gasteiger partial charge in [0.1, 0.15) is 5.75 Å². The molecule has 0 radical (unpaired) electrons. The zero-order chi connectivity index (χ0) is 21.2. The molecule has 0 saturated carbocycles. The van der Waals surface area contributed by atoms with E-state index >= 15 is 0 Å². The lowest BCUT2D eigenvalue weighted by Gasteiger charge is -2.34. The molecule has 2 aromatic carbocycles. The van der Waals surface area contributed by atoms with E-state index in [0.717, 1.165) is 50.0 Å². The van der Waals surface area contributed by atoms with Crippen LogP contribution < -0.4 is 4.74 Å². The quantitative estimate of drug-likeness (QED) is 0.719. The van der Waals surface area contributed by atoms with Crippen molar-refractivity contribution < 1.29 is 24.5 Å². The van der Waals surface area contributed by atoms with Crippen molar-refractivity contribution in [3.63, 3.8) is 0 Å². The van der Waals surface area contributed by atoms with Crippen LogP contribution in [0.2, 0.25) is 5.02 Å². The molecular formula is C21H25ClN2O5. The van der Waals surface area contributed by atoms with Crippen LogP contribution in [-0.2, 0) is 22.7 Å². The van der Waals surface area contributed by atoms with Gasteiger partial charge < -0.3 is 14.9 Å². The Morgan fingerprint density at radius 3 is 1.55 bits per heavy atom. The Hall–Kier alpha value is -2.61. The van der Waals surface area contributed by atoms with Crippen molar-refractivity contribution in [2.45, 2.75) is 13.1 Å². The molecule has 0 aliphatic carbocycles. The minimum Gasteiger partial charge on any atom is -0.497 e. The van der Waals surface area contributed by atoms with E-state index in [4.69, 9.17) is 36.1 Å². The van der Waals surface area contributed by atoms with E-state index in [1.165, 1.54) is 11.1 Å². The fourth-order valence-electron chi connectivity index (χ4n) is 2.94. The van der Waals surface area contributed by atoms with Crippen LogP contribution in [-0.4, -0.2) is 65.2 Å². The Morgan fingerprint density at radius 2 is 1.21 bits per heavy atom. The third-order valence-electron chi connectivity index (χ3n) is 4.53. The van der Waals surface area contributed by atoms with Crippen LogP contribution in [0.5, 0.6) is 5.75 Å². The summed E-state index contributed by atoms with van der Waals surface area (Å²) in [5, 5.41) is 15.6. The Labute approximate surface area is 175 Å². The van der Waals surface area contributed by atoms with Crippen LogP contribution in [0.1, 0.15) is 11.1 Å². The molecule has 1 fully saturated rings. The predicted molar refractivity (Wildman–Crippen MR) is 110 cm³/mol. The standard InChI is InChI=1S/C19H23ClN2O.C2H2O4/c1-23-19-8-4-17(5-9-19)15-22-12-10-21(11-13-22)14-16-2-6-18(20)7-3-16;3-1(4)2(5)6/h2-9H,10-15H2,1H3;(H,3,4)(H,5,6).